The van der Waals surface area contributed by atoms with Crippen LogP contribution < -0.4 is 4.74 Å². The van der Waals surface area contributed by atoms with Crippen LogP contribution in [0.15, 0.2) is 47.1 Å². The second-order valence-electron chi connectivity index (χ2n) is 5.81. The molecule has 2 aromatic rings. The summed E-state index contributed by atoms with van der Waals surface area (Å²) >= 11 is 0. The molecule has 5 heteroatoms. The third-order valence-corrected chi connectivity index (χ3v) is 4.49. The minimum atomic E-state index is -0.698. The summed E-state index contributed by atoms with van der Waals surface area (Å²) in [6.45, 7) is 1.45. The van der Waals surface area contributed by atoms with Crippen molar-refractivity contribution in [3.8, 4) is 5.75 Å². The molecular weight excluding hydrogens is 294 g/mol. The monoisotopic (exact) mass is 315 g/mol. The number of benzene rings is 1. The lowest BCUT2D eigenvalue weighted by Crippen LogP contribution is -2.39. The molecule has 0 amide bonds. The fourth-order valence-electron chi connectivity index (χ4n) is 3.27. The molecule has 0 bridgehead atoms. The molecule has 0 spiro atoms. The Balaban J connectivity index is 1.90. The number of aliphatic carboxylic acids is 1. The number of carboxylic acid groups (broad SMARTS) is 1. The Labute approximate surface area is 135 Å². The lowest BCUT2D eigenvalue weighted by molar-refractivity contribution is -0.143. The Bertz CT molecular complexity index is 645. The van der Waals surface area contributed by atoms with Gasteiger partial charge in [-0.2, -0.15) is 0 Å². The summed E-state index contributed by atoms with van der Waals surface area (Å²) in [7, 11) is 1.66. The van der Waals surface area contributed by atoms with Crippen molar-refractivity contribution in [1.29, 1.82) is 0 Å². The molecule has 1 aliphatic heterocycles. The lowest BCUT2D eigenvalue weighted by Gasteiger charge is -2.36. The number of rotatable bonds is 5. The number of nitrogens with zero attached hydrogens (tertiary/aromatic N) is 1. The maximum atomic E-state index is 11.2. The number of methoxy groups -OCH3 is 1. The molecule has 1 atom stereocenters. The molecule has 0 saturated carbocycles. The van der Waals surface area contributed by atoms with Crippen LogP contribution in [0.3, 0.4) is 0 Å². The quantitative estimate of drug-likeness (QED) is 0.918. The largest absolute Gasteiger partial charge is 0.496 e. The fourth-order valence-corrected chi connectivity index (χ4v) is 3.27. The molecule has 1 aliphatic rings. The van der Waals surface area contributed by atoms with Crippen LogP contribution in [0.1, 0.15) is 30.2 Å². The molecule has 1 aromatic heterocycles. The smallest absolute Gasteiger partial charge is 0.306 e. The van der Waals surface area contributed by atoms with Gasteiger partial charge in [0, 0.05) is 18.7 Å². The van der Waals surface area contributed by atoms with E-state index in [2.05, 4.69) is 4.90 Å². The van der Waals surface area contributed by atoms with Crippen molar-refractivity contribution < 1.29 is 19.1 Å². The number of ether oxygens (including phenoxy) is 1. The number of piperidine rings is 1. The Morgan fingerprint density at radius 2 is 2.00 bits per heavy atom. The lowest BCUT2D eigenvalue weighted by atomic mass is 9.93. The third-order valence-electron chi connectivity index (χ3n) is 4.49. The van der Waals surface area contributed by atoms with Crippen LogP contribution in [-0.2, 0) is 4.79 Å². The van der Waals surface area contributed by atoms with Crippen LogP contribution >= 0.6 is 0 Å². The molecule has 1 saturated heterocycles. The molecule has 23 heavy (non-hydrogen) atoms. The van der Waals surface area contributed by atoms with E-state index in [1.165, 1.54) is 0 Å². The summed E-state index contributed by atoms with van der Waals surface area (Å²) in [6.07, 6.45) is 2.98. The van der Waals surface area contributed by atoms with E-state index in [0.29, 0.717) is 12.8 Å². The second kappa shape index (κ2) is 6.87. The first-order chi connectivity index (χ1) is 11.2. The predicted octanol–water partition coefficient (Wildman–Crippen LogP) is 3.17. The van der Waals surface area contributed by atoms with Gasteiger partial charge in [-0.05, 0) is 31.0 Å². The van der Waals surface area contributed by atoms with Crippen LogP contribution in [0, 0.1) is 5.92 Å². The number of hydrogen-bond acceptors (Lipinski definition) is 4. The highest BCUT2D eigenvalue weighted by Gasteiger charge is 2.32. The van der Waals surface area contributed by atoms with Gasteiger partial charge < -0.3 is 14.3 Å². The maximum Gasteiger partial charge on any atom is 0.306 e. The van der Waals surface area contributed by atoms with E-state index in [0.717, 1.165) is 30.2 Å². The van der Waals surface area contributed by atoms with Gasteiger partial charge in [0.1, 0.15) is 11.5 Å². The van der Waals surface area contributed by atoms with E-state index in [9.17, 15) is 9.90 Å². The van der Waals surface area contributed by atoms with Gasteiger partial charge in [0.25, 0.3) is 0 Å². The summed E-state index contributed by atoms with van der Waals surface area (Å²) in [6, 6.07) is 11.7. The Morgan fingerprint density at radius 1 is 1.26 bits per heavy atom. The zero-order valence-corrected chi connectivity index (χ0v) is 13.1. The van der Waals surface area contributed by atoms with E-state index in [4.69, 9.17) is 9.15 Å². The van der Waals surface area contributed by atoms with E-state index >= 15 is 0 Å². The molecule has 1 fully saturated rings. The molecule has 1 aromatic carbocycles. The summed E-state index contributed by atoms with van der Waals surface area (Å²) in [4.78, 5) is 13.4. The van der Waals surface area contributed by atoms with Crippen LogP contribution in [0.5, 0.6) is 5.75 Å². The first kappa shape index (κ1) is 15.6. The first-order valence-corrected chi connectivity index (χ1v) is 7.84. The van der Waals surface area contributed by atoms with Crippen molar-refractivity contribution >= 4 is 5.97 Å². The summed E-state index contributed by atoms with van der Waals surface area (Å²) in [5.74, 6) is 0.718. The summed E-state index contributed by atoms with van der Waals surface area (Å²) < 4.78 is 11.2. The van der Waals surface area contributed by atoms with Gasteiger partial charge in [-0.1, -0.05) is 18.2 Å². The van der Waals surface area contributed by atoms with Crippen molar-refractivity contribution in [3.63, 3.8) is 0 Å². The van der Waals surface area contributed by atoms with Gasteiger partial charge in [0.2, 0.25) is 0 Å². The van der Waals surface area contributed by atoms with Crippen LogP contribution in [0.2, 0.25) is 0 Å². The minimum absolute atomic E-state index is 0.0594. The summed E-state index contributed by atoms with van der Waals surface area (Å²) in [5, 5.41) is 9.19. The topological polar surface area (TPSA) is 62.9 Å². The minimum Gasteiger partial charge on any atom is -0.496 e. The average molecular weight is 315 g/mol. The predicted molar refractivity (Wildman–Crippen MR) is 85.5 cm³/mol. The van der Waals surface area contributed by atoms with Crippen molar-refractivity contribution in [2.24, 2.45) is 5.92 Å². The zero-order valence-electron chi connectivity index (χ0n) is 13.1. The number of hydrogen-bond donors (Lipinski definition) is 1. The molecule has 3 rings (SSSR count). The van der Waals surface area contributed by atoms with Crippen molar-refractivity contribution in [2.75, 3.05) is 20.2 Å². The molecule has 5 nitrogen and oxygen atoms in total. The molecule has 0 aliphatic carbocycles. The van der Waals surface area contributed by atoms with Crippen LogP contribution in [0.4, 0.5) is 0 Å². The van der Waals surface area contributed by atoms with E-state index in [-0.39, 0.29) is 12.0 Å². The first-order valence-electron chi connectivity index (χ1n) is 7.84. The third kappa shape index (κ3) is 3.24. The molecule has 1 unspecified atom stereocenters. The van der Waals surface area contributed by atoms with Gasteiger partial charge >= 0.3 is 5.97 Å². The Hall–Kier alpha value is -2.27. The molecule has 122 valence electrons. The van der Waals surface area contributed by atoms with Gasteiger partial charge in [-0.15, -0.1) is 0 Å². The van der Waals surface area contributed by atoms with E-state index in [1.807, 2.05) is 36.4 Å². The second-order valence-corrected chi connectivity index (χ2v) is 5.81. The van der Waals surface area contributed by atoms with Crippen LogP contribution in [0.25, 0.3) is 0 Å². The van der Waals surface area contributed by atoms with Gasteiger partial charge in [0.05, 0.1) is 25.3 Å². The molecule has 2 heterocycles. The zero-order chi connectivity index (χ0) is 16.2. The van der Waals surface area contributed by atoms with Crippen molar-refractivity contribution in [3.05, 3.63) is 54.0 Å². The van der Waals surface area contributed by atoms with Gasteiger partial charge in [-0.3, -0.25) is 9.69 Å². The highest BCUT2D eigenvalue weighted by Crippen LogP contribution is 2.37. The normalized spacial score (nSPS) is 17.8. The Morgan fingerprint density at radius 3 is 2.61 bits per heavy atom. The van der Waals surface area contributed by atoms with Gasteiger partial charge in [0.15, 0.2) is 0 Å². The fraction of sp³-hybridized carbons (Fsp3) is 0.389. The molecule has 0 radical (unpaired) electrons. The van der Waals surface area contributed by atoms with Crippen molar-refractivity contribution in [2.45, 2.75) is 18.9 Å². The summed E-state index contributed by atoms with van der Waals surface area (Å²) in [5.41, 5.74) is 1.04. The Kier molecular flexibility index (Phi) is 4.67. The highest BCUT2D eigenvalue weighted by molar-refractivity contribution is 5.70. The van der Waals surface area contributed by atoms with E-state index in [1.54, 1.807) is 13.4 Å². The maximum absolute atomic E-state index is 11.2. The average Bonchev–Trinajstić information content (AvgIpc) is 3.10. The number of para-hydroxylation sites is 1. The van der Waals surface area contributed by atoms with Crippen LogP contribution in [-0.4, -0.2) is 36.2 Å². The number of carbonyl (C=O) groups is 1. The number of furan rings is 1. The number of carboxylic acids is 1. The van der Waals surface area contributed by atoms with Gasteiger partial charge in [-0.25, -0.2) is 0 Å². The van der Waals surface area contributed by atoms with E-state index < -0.39 is 5.97 Å². The highest BCUT2D eigenvalue weighted by atomic mass is 16.5. The van der Waals surface area contributed by atoms with Crippen molar-refractivity contribution in [1.82, 2.24) is 4.90 Å². The molecule has 1 N–H and O–H groups in total. The molecular formula is C18H21NO4. The number of likely N-dealkylation sites (tertiary alicyclic amines) is 1. The standard InChI is InChI=1S/C18H21NO4/c1-22-15-6-3-2-5-14(15)17(16-7-4-12-23-16)19-10-8-13(9-11-19)18(20)21/h2-7,12-13,17H,8-11H2,1H3,(H,20,21). The SMILES string of the molecule is COc1ccccc1C(c1ccco1)N1CCC(C(=O)O)CC1.